The van der Waals surface area contributed by atoms with Crippen molar-refractivity contribution in [2.75, 3.05) is 11.6 Å². The molecule has 0 bridgehead atoms. The van der Waals surface area contributed by atoms with Crippen LogP contribution in [-0.4, -0.2) is 26.3 Å². The van der Waals surface area contributed by atoms with Crippen LogP contribution in [0.15, 0.2) is 5.03 Å². The van der Waals surface area contributed by atoms with E-state index in [9.17, 15) is 10.1 Å². The van der Waals surface area contributed by atoms with Crippen LogP contribution in [0, 0.1) is 23.0 Å². The second kappa shape index (κ2) is 6.99. The van der Waals surface area contributed by atoms with Crippen LogP contribution in [0.1, 0.15) is 26.0 Å². The lowest BCUT2D eigenvalue weighted by Gasteiger charge is -2.08. The van der Waals surface area contributed by atoms with E-state index in [-0.39, 0.29) is 10.6 Å². The Morgan fingerprint density at radius 1 is 1.61 bits per heavy atom. The van der Waals surface area contributed by atoms with Gasteiger partial charge in [0.25, 0.3) is 0 Å². The highest BCUT2D eigenvalue weighted by Crippen LogP contribution is 2.33. The Morgan fingerprint density at radius 3 is 2.78 bits per heavy atom. The summed E-state index contributed by atoms with van der Waals surface area (Å²) in [5.74, 6) is 1.64. The third-order valence-electron chi connectivity index (χ3n) is 2.44. The Hall–Kier alpha value is -0.750. The number of nitro groups is 1. The van der Waals surface area contributed by atoms with Crippen LogP contribution in [0.25, 0.3) is 0 Å². The van der Waals surface area contributed by atoms with Gasteiger partial charge in [-0.2, -0.15) is 5.10 Å². The predicted octanol–water partition coefficient (Wildman–Crippen LogP) is 3.48. The van der Waals surface area contributed by atoms with E-state index < -0.39 is 0 Å². The standard InChI is InChI=1S/C11H18ClN3O2S/c1-4-5-14-11(18-7-8(2)6-12)10(15(16)17)9(3)13-14/h8H,4-7H2,1-3H3. The minimum absolute atomic E-state index is 0.134. The van der Waals surface area contributed by atoms with Crippen molar-refractivity contribution in [1.29, 1.82) is 0 Å². The van der Waals surface area contributed by atoms with E-state index in [0.29, 0.717) is 29.1 Å². The summed E-state index contributed by atoms with van der Waals surface area (Å²) in [5, 5.41) is 16.0. The van der Waals surface area contributed by atoms with Gasteiger partial charge in [0.1, 0.15) is 5.69 Å². The SMILES string of the molecule is CCCn1nc(C)c([N+](=O)[O-])c1SCC(C)CCl. The zero-order chi connectivity index (χ0) is 13.7. The van der Waals surface area contributed by atoms with Crippen molar-refractivity contribution < 1.29 is 4.92 Å². The Bertz CT molecular complexity index is 423. The van der Waals surface area contributed by atoms with E-state index in [1.807, 2.05) is 13.8 Å². The van der Waals surface area contributed by atoms with Gasteiger partial charge in [-0.25, -0.2) is 0 Å². The van der Waals surface area contributed by atoms with Gasteiger partial charge in [-0.3, -0.25) is 14.8 Å². The molecule has 0 aliphatic heterocycles. The van der Waals surface area contributed by atoms with Crippen molar-refractivity contribution in [3.05, 3.63) is 15.8 Å². The maximum atomic E-state index is 11.1. The molecule has 1 heterocycles. The molecule has 1 aromatic heterocycles. The summed E-state index contributed by atoms with van der Waals surface area (Å²) >= 11 is 7.23. The van der Waals surface area contributed by atoms with Crippen LogP contribution in [0.4, 0.5) is 5.69 Å². The quantitative estimate of drug-likeness (QED) is 0.334. The smallest absolute Gasteiger partial charge is 0.258 e. The number of rotatable bonds is 7. The molecule has 5 nitrogen and oxygen atoms in total. The normalized spacial score (nSPS) is 12.7. The van der Waals surface area contributed by atoms with E-state index in [2.05, 4.69) is 5.10 Å². The van der Waals surface area contributed by atoms with Crippen molar-refractivity contribution in [3.63, 3.8) is 0 Å². The minimum atomic E-state index is -0.345. The van der Waals surface area contributed by atoms with Crippen LogP contribution >= 0.6 is 23.4 Å². The Balaban J connectivity index is 3.00. The van der Waals surface area contributed by atoms with Gasteiger partial charge < -0.3 is 0 Å². The molecular weight excluding hydrogens is 274 g/mol. The highest BCUT2D eigenvalue weighted by molar-refractivity contribution is 7.99. The third kappa shape index (κ3) is 3.62. The lowest BCUT2D eigenvalue weighted by atomic mass is 10.3. The number of halogens is 1. The second-order valence-electron chi connectivity index (χ2n) is 4.29. The fourth-order valence-electron chi connectivity index (χ4n) is 1.53. The summed E-state index contributed by atoms with van der Waals surface area (Å²) < 4.78 is 1.74. The van der Waals surface area contributed by atoms with E-state index in [1.165, 1.54) is 11.8 Å². The molecule has 0 saturated carbocycles. The van der Waals surface area contributed by atoms with E-state index in [1.54, 1.807) is 11.6 Å². The molecule has 0 fully saturated rings. The maximum absolute atomic E-state index is 11.1. The minimum Gasteiger partial charge on any atom is -0.258 e. The van der Waals surface area contributed by atoms with E-state index in [4.69, 9.17) is 11.6 Å². The Kier molecular flexibility index (Phi) is 5.95. The molecule has 1 rings (SSSR count). The van der Waals surface area contributed by atoms with E-state index >= 15 is 0 Å². The zero-order valence-corrected chi connectivity index (χ0v) is 12.4. The van der Waals surface area contributed by atoms with Crippen LogP contribution in [-0.2, 0) is 6.54 Å². The largest absolute Gasteiger partial charge is 0.323 e. The number of alkyl halides is 1. The number of aryl methyl sites for hydroxylation is 2. The van der Waals surface area contributed by atoms with Gasteiger partial charge in [0, 0.05) is 18.2 Å². The highest BCUT2D eigenvalue weighted by Gasteiger charge is 2.25. The van der Waals surface area contributed by atoms with Crippen molar-refractivity contribution in [2.45, 2.75) is 38.8 Å². The molecule has 102 valence electrons. The molecular formula is C11H18ClN3O2S. The summed E-state index contributed by atoms with van der Waals surface area (Å²) in [6.45, 7) is 6.43. The second-order valence-corrected chi connectivity index (χ2v) is 5.61. The summed E-state index contributed by atoms with van der Waals surface area (Å²) in [6.07, 6.45) is 0.900. The summed E-state index contributed by atoms with van der Waals surface area (Å²) in [5.41, 5.74) is 0.615. The predicted molar refractivity (Wildman–Crippen MR) is 74.5 cm³/mol. The Morgan fingerprint density at radius 2 is 2.28 bits per heavy atom. The van der Waals surface area contributed by atoms with Crippen LogP contribution < -0.4 is 0 Å². The average Bonchev–Trinajstić information content (AvgIpc) is 2.62. The summed E-state index contributed by atoms with van der Waals surface area (Å²) in [4.78, 5) is 10.7. The van der Waals surface area contributed by atoms with Crippen LogP contribution in [0.5, 0.6) is 0 Å². The lowest BCUT2D eigenvalue weighted by Crippen LogP contribution is -2.05. The number of aromatic nitrogens is 2. The lowest BCUT2D eigenvalue weighted by molar-refractivity contribution is -0.388. The molecule has 0 spiro atoms. The van der Waals surface area contributed by atoms with Gasteiger partial charge in [-0.1, -0.05) is 25.6 Å². The molecule has 0 aliphatic carbocycles. The van der Waals surface area contributed by atoms with Gasteiger partial charge in [0.2, 0.25) is 0 Å². The van der Waals surface area contributed by atoms with Gasteiger partial charge in [-0.05, 0) is 19.3 Å². The van der Waals surface area contributed by atoms with Gasteiger partial charge in [0.05, 0.1) is 4.92 Å². The molecule has 0 aromatic carbocycles. The highest BCUT2D eigenvalue weighted by atomic mass is 35.5. The Labute approximate surface area is 116 Å². The van der Waals surface area contributed by atoms with E-state index in [0.717, 1.165) is 12.2 Å². The molecule has 0 amide bonds. The summed E-state index contributed by atoms with van der Waals surface area (Å²) in [6, 6.07) is 0. The summed E-state index contributed by atoms with van der Waals surface area (Å²) in [7, 11) is 0. The van der Waals surface area contributed by atoms with Crippen molar-refractivity contribution >= 4 is 29.1 Å². The number of thioether (sulfide) groups is 1. The molecule has 7 heteroatoms. The molecule has 0 N–H and O–H groups in total. The van der Waals surface area contributed by atoms with Crippen LogP contribution in [0.2, 0.25) is 0 Å². The van der Waals surface area contributed by atoms with Crippen molar-refractivity contribution in [1.82, 2.24) is 9.78 Å². The first-order valence-electron chi connectivity index (χ1n) is 5.91. The average molecular weight is 292 g/mol. The molecule has 1 unspecified atom stereocenters. The van der Waals surface area contributed by atoms with Crippen molar-refractivity contribution in [2.24, 2.45) is 5.92 Å². The fourth-order valence-corrected chi connectivity index (χ4v) is 2.97. The number of nitrogens with zero attached hydrogens (tertiary/aromatic N) is 3. The van der Waals surface area contributed by atoms with Crippen LogP contribution in [0.3, 0.4) is 0 Å². The molecule has 0 radical (unpaired) electrons. The van der Waals surface area contributed by atoms with Gasteiger partial charge in [-0.15, -0.1) is 11.6 Å². The monoisotopic (exact) mass is 291 g/mol. The maximum Gasteiger partial charge on any atom is 0.323 e. The molecule has 0 saturated heterocycles. The first kappa shape index (κ1) is 15.3. The molecule has 1 atom stereocenters. The molecule has 1 aromatic rings. The number of hydrogen-bond donors (Lipinski definition) is 0. The third-order valence-corrected chi connectivity index (χ3v) is 4.38. The fraction of sp³-hybridized carbons (Fsp3) is 0.727. The molecule has 18 heavy (non-hydrogen) atoms. The topological polar surface area (TPSA) is 61.0 Å². The number of hydrogen-bond acceptors (Lipinski definition) is 4. The molecule has 0 aliphatic rings. The van der Waals surface area contributed by atoms with Crippen molar-refractivity contribution in [3.8, 4) is 0 Å². The van der Waals surface area contributed by atoms with Gasteiger partial charge >= 0.3 is 5.69 Å². The zero-order valence-electron chi connectivity index (χ0n) is 10.9. The first-order valence-corrected chi connectivity index (χ1v) is 7.43. The first-order chi connectivity index (χ1) is 8.51. The van der Waals surface area contributed by atoms with Gasteiger partial charge in [0.15, 0.2) is 5.03 Å².